The van der Waals surface area contributed by atoms with Crippen molar-refractivity contribution in [3.05, 3.63) is 23.3 Å². The smallest absolute Gasteiger partial charge is 0.331 e. The summed E-state index contributed by atoms with van der Waals surface area (Å²) in [5, 5.41) is 34.1. The van der Waals surface area contributed by atoms with Crippen molar-refractivity contribution < 1.29 is 39.6 Å². The Hall–Kier alpha value is -2.64. The van der Waals surface area contributed by atoms with Crippen LogP contribution < -0.4 is 0 Å². The summed E-state index contributed by atoms with van der Waals surface area (Å²) in [6.07, 6.45) is 0.0746. The molecule has 0 aliphatic carbocycles. The number of hydrogen-bond acceptors (Lipinski definition) is 4. The van der Waals surface area contributed by atoms with E-state index in [4.69, 9.17) is 20.4 Å². The highest BCUT2D eigenvalue weighted by atomic mass is 16.4. The van der Waals surface area contributed by atoms with E-state index in [1.807, 2.05) is 0 Å². The highest BCUT2D eigenvalue weighted by Gasteiger charge is 2.14. The number of carboxylic acid groups (broad SMARTS) is 4. The van der Waals surface area contributed by atoms with E-state index in [1.54, 1.807) is 0 Å². The molecule has 8 nitrogen and oxygen atoms in total. The van der Waals surface area contributed by atoms with Crippen LogP contribution in [0.3, 0.4) is 0 Å². The first-order valence-electron chi connectivity index (χ1n) is 4.57. The standard InChI is InChI=1S/C10H10O8/c11-7(12)3-5(9(15)16)1-2-6(10(17)18)4-8(13)14/h3-4H,1-2H2,(H,11,12)(H,13,14)(H,15,16)(H,17,18)/b5-3+,6-4+. The summed E-state index contributed by atoms with van der Waals surface area (Å²) in [7, 11) is 0. The average molecular weight is 258 g/mol. The Balaban J connectivity index is 4.89. The number of aliphatic carboxylic acids is 4. The molecule has 0 bridgehead atoms. The zero-order chi connectivity index (χ0) is 14.3. The molecule has 0 aliphatic rings. The van der Waals surface area contributed by atoms with Gasteiger partial charge in [-0.3, -0.25) is 0 Å². The van der Waals surface area contributed by atoms with Gasteiger partial charge in [0.15, 0.2) is 0 Å². The van der Waals surface area contributed by atoms with Crippen LogP contribution in [0.1, 0.15) is 12.8 Å². The zero-order valence-corrected chi connectivity index (χ0v) is 8.99. The van der Waals surface area contributed by atoms with Gasteiger partial charge in [-0.15, -0.1) is 0 Å². The fourth-order valence-electron chi connectivity index (χ4n) is 1.05. The molecule has 0 fully saturated rings. The van der Waals surface area contributed by atoms with E-state index in [-0.39, 0.29) is 0 Å². The summed E-state index contributed by atoms with van der Waals surface area (Å²) in [6.45, 7) is 0. The van der Waals surface area contributed by atoms with Crippen LogP contribution in [0.5, 0.6) is 0 Å². The lowest BCUT2D eigenvalue weighted by Gasteiger charge is -2.02. The molecule has 0 saturated carbocycles. The molecule has 0 radical (unpaired) electrons. The molecular weight excluding hydrogens is 248 g/mol. The Labute approximate surface area is 100 Å². The maximum absolute atomic E-state index is 10.6. The monoisotopic (exact) mass is 258 g/mol. The van der Waals surface area contributed by atoms with E-state index < -0.39 is 47.9 Å². The number of rotatable bonds is 7. The van der Waals surface area contributed by atoms with Crippen LogP contribution in [-0.4, -0.2) is 44.3 Å². The Morgan fingerprint density at radius 1 is 0.667 bits per heavy atom. The molecule has 0 heterocycles. The normalized spacial score (nSPS) is 12.0. The van der Waals surface area contributed by atoms with Crippen LogP contribution in [0.15, 0.2) is 23.3 Å². The third-order valence-electron chi connectivity index (χ3n) is 1.81. The first-order valence-corrected chi connectivity index (χ1v) is 4.57. The van der Waals surface area contributed by atoms with Crippen LogP contribution in [0.4, 0.5) is 0 Å². The molecule has 18 heavy (non-hydrogen) atoms. The van der Waals surface area contributed by atoms with Crippen molar-refractivity contribution in [3.8, 4) is 0 Å². The van der Waals surface area contributed by atoms with E-state index in [1.165, 1.54) is 0 Å². The summed E-state index contributed by atoms with van der Waals surface area (Å²) >= 11 is 0. The first kappa shape index (κ1) is 15.4. The van der Waals surface area contributed by atoms with Crippen LogP contribution in [0.25, 0.3) is 0 Å². The van der Waals surface area contributed by atoms with Crippen molar-refractivity contribution in [1.82, 2.24) is 0 Å². The summed E-state index contributed by atoms with van der Waals surface area (Å²) in [6, 6.07) is 0. The van der Waals surface area contributed by atoms with Crippen molar-refractivity contribution in [2.24, 2.45) is 0 Å². The van der Waals surface area contributed by atoms with Crippen molar-refractivity contribution >= 4 is 23.9 Å². The number of hydrogen-bond donors (Lipinski definition) is 4. The third kappa shape index (κ3) is 6.05. The molecular formula is C10H10O8. The van der Waals surface area contributed by atoms with Gasteiger partial charge >= 0.3 is 23.9 Å². The Morgan fingerprint density at radius 2 is 0.944 bits per heavy atom. The van der Waals surface area contributed by atoms with E-state index in [9.17, 15) is 19.2 Å². The van der Waals surface area contributed by atoms with Crippen LogP contribution in [-0.2, 0) is 19.2 Å². The van der Waals surface area contributed by atoms with E-state index in [2.05, 4.69) is 0 Å². The maximum atomic E-state index is 10.6. The summed E-state index contributed by atoms with van der Waals surface area (Å²) in [5.74, 6) is -5.96. The number of carbonyl (C=O) groups is 4. The third-order valence-corrected chi connectivity index (χ3v) is 1.81. The molecule has 0 atom stereocenters. The topological polar surface area (TPSA) is 149 Å². The predicted molar refractivity (Wildman–Crippen MR) is 55.9 cm³/mol. The first-order chi connectivity index (χ1) is 8.23. The minimum atomic E-state index is -1.50. The molecule has 4 N–H and O–H groups in total. The molecule has 0 saturated heterocycles. The largest absolute Gasteiger partial charge is 0.478 e. The van der Waals surface area contributed by atoms with Crippen LogP contribution in [0.2, 0.25) is 0 Å². The molecule has 0 aromatic rings. The molecule has 0 spiro atoms. The van der Waals surface area contributed by atoms with Crippen molar-refractivity contribution in [2.45, 2.75) is 12.8 Å². The van der Waals surface area contributed by atoms with Gasteiger partial charge in [0, 0.05) is 23.3 Å². The van der Waals surface area contributed by atoms with Gasteiger partial charge in [-0.25, -0.2) is 19.2 Å². The van der Waals surface area contributed by atoms with Gasteiger partial charge in [0.05, 0.1) is 0 Å². The maximum Gasteiger partial charge on any atom is 0.331 e. The second kappa shape index (κ2) is 6.84. The molecule has 0 aromatic heterocycles. The van der Waals surface area contributed by atoms with Gasteiger partial charge in [-0.05, 0) is 12.8 Å². The lowest BCUT2D eigenvalue weighted by atomic mass is 10.0. The Bertz CT molecular complexity index is 401. The quantitative estimate of drug-likeness (QED) is 0.464. The summed E-state index contributed by atoms with van der Waals surface area (Å²) < 4.78 is 0. The van der Waals surface area contributed by atoms with Crippen LogP contribution in [0, 0.1) is 0 Å². The van der Waals surface area contributed by atoms with Crippen LogP contribution >= 0.6 is 0 Å². The predicted octanol–water partition coefficient (Wildman–Crippen LogP) is -0.0422. The average Bonchev–Trinajstić information content (AvgIpc) is 2.20. The van der Waals surface area contributed by atoms with Gasteiger partial charge in [-0.1, -0.05) is 0 Å². The fourth-order valence-corrected chi connectivity index (χ4v) is 1.05. The van der Waals surface area contributed by atoms with Gasteiger partial charge in [0.1, 0.15) is 0 Å². The van der Waals surface area contributed by atoms with Gasteiger partial charge in [0.25, 0.3) is 0 Å². The molecule has 98 valence electrons. The van der Waals surface area contributed by atoms with Gasteiger partial charge < -0.3 is 20.4 Å². The zero-order valence-electron chi connectivity index (χ0n) is 8.99. The van der Waals surface area contributed by atoms with Crippen molar-refractivity contribution in [3.63, 3.8) is 0 Å². The molecule has 0 unspecified atom stereocenters. The van der Waals surface area contributed by atoms with Crippen molar-refractivity contribution in [1.29, 1.82) is 0 Å². The highest BCUT2D eigenvalue weighted by molar-refractivity contribution is 5.96. The lowest BCUT2D eigenvalue weighted by molar-refractivity contribution is -0.135. The second-order valence-electron chi connectivity index (χ2n) is 3.13. The van der Waals surface area contributed by atoms with E-state index in [0.29, 0.717) is 12.2 Å². The highest BCUT2D eigenvalue weighted by Crippen LogP contribution is 2.12. The second-order valence-corrected chi connectivity index (χ2v) is 3.13. The molecule has 0 aliphatic heterocycles. The summed E-state index contributed by atoms with van der Waals surface area (Å²) in [5.41, 5.74) is -1.03. The summed E-state index contributed by atoms with van der Waals surface area (Å²) in [4.78, 5) is 41.9. The van der Waals surface area contributed by atoms with Gasteiger partial charge in [-0.2, -0.15) is 0 Å². The SMILES string of the molecule is O=C(O)/C=C(\CC/C(=C\C(=O)O)C(=O)O)C(=O)O. The Kier molecular flexibility index (Phi) is 5.84. The fraction of sp³-hybridized carbons (Fsp3) is 0.200. The van der Waals surface area contributed by atoms with Gasteiger partial charge in [0.2, 0.25) is 0 Å². The molecule has 0 amide bonds. The van der Waals surface area contributed by atoms with E-state index >= 15 is 0 Å². The number of carboxylic acids is 4. The minimum absolute atomic E-state index is 0.396. The molecule has 0 aromatic carbocycles. The molecule has 0 rings (SSSR count). The van der Waals surface area contributed by atoms with E-state index in [0.717, 1.165) is 0 Å². The minimum Gasteiger partial charge on any atom is -0.478 e. The Morgan fingerprint density at radius 3 is 1.11 bits per heavy atom. The lowest BCUT2D eigenvalue weighted by Crippen LogP contribution is -2.08. The van der Waals surface area contributed by atoms with Crippen molar-refractivity contribution in [2.75, 3.05) is 0 Å². The molecule has 8 heteroatoms.